The Morgan fingerprint density at radius 1 is 0.909 bits per heavy atom. The molecule has 0 aliphatic carbocycles. The number of hydrogen-bond acceptors (Lipinski definition) is 6. The minimum atomic E-state index is -0.434. The van der Waals surface area contributed by atoms with Crippen molar-refractivity contribution in [1.29, 1.82) is 0 Å². The third-order valence-electron chi connectivity index (χ3n) is 3.15. The summed E-state index contributed by atoms with van der Waals surface area (Å²) in [5, 5.41) is 19.1. The van der Waals surface area contributed by atoms with Crippen LogP contribution in [0.2, 0.25) is 0 Å². The van der Waals surface area contributed by atoms with Gasteiger partial charge in [-0.3, -0.25) is 4.79 Å². The summed E-state index contributed by atoms with van der Waals surface area (Å²) in [6, 6.07) is 6.76. The lowest BCUT2D eigenvalue weighted by Gasteiger charge is -2.14. The lowest BCUT2D eigenvalue weighted by Crippen LogP contribution is -2.04. The number of phenols is 2. The van der Waals surface area contributed by atoms with Crippen LogP contribution in [0.4, 0.5) is 0 Å². The summed E-state index contributed by atoms with van der Waals surface area (Å²) in [6.45, 7) is 0. The number of phenolic OH excluding ortho intramolecular Hbond substituents is 2. The third-order valence-corrected chi connectivity index (χ3v) is 3.15. The summed E-state index contributed by atoms with van der Waals surface area (Å²) in [5.41, 5.74) is 0.322. The minimum absolute atomic E-state index is 0.0621. The van der Waals surface area contributed by atoms with E-state index in [1.54, 1.807) is 0 Å². The molecule has 0 saturated heterocycles. The summed E-state index contributed by atoms with van der Waals surface area (Å²) in [4.78, 5) is 12.5. The molecule has 2 N–H and O–H groups in total. The minimum Gasteiger partial charge on any atom is -0.508 e. The molecular formula is C16H16O6. The van der Waals surface area contributed by atoms with Gasteiger partial charge in [-0.15, -0.1) is 0 Å². The second-order valence-corrected chi connectivity index (χ2v) is 4.44. The van der Waals surface area contributed by atoms with E-state index in [0.29, 0.717) is 17.2 Å². The number of rotatable bonds is 5. The summed E-state index contributed by atoms with van der Waals surface area (Å²) in [6.07, 6.45) is 0. The Labute approximate surface area is 127 Å². The van der Waals surface area contributed by atoms with E-state index >= 15 is 0 Å². The van der Waals surface area contributed by atoms with Gasteiger partial charge in [0.2, 0.25) is 5.75 Å². The number of aromatic hydroxyl groups is 2. The van der Waals surface area contributed by atoms with Gasteiger partial charge in [0.1, 0.15) is 11.5 Å². The molecule has 0 saturated carbocycles. The van der Waals surface area contributed by atoms with E-state index in [4.69, 9.17) is 14.2 Å². The molecule has 0 heterocycles. The van der Waals surface area contributed by atoms with Crippen molar-refractivity contribution < 1.29 is 29.2 Å². The Balaban J connectivity index is 2.54. The summed E-state index contributed by atoms with van der Waals surface area (Å²) in [7, 11) is 4.36. The van der Waals surface area contributed by atoms with E-state index in [9.17, 15) is 15.0 Å². The fraction of sp³-hybridized carbons (Fsp3) is 0.188. The molecule has 0 aliphatic rings. The molecule has 6 nitrogen and oxygen atoms in total. The molecular weight excluding hydrogens is 288 g/mol. The van der Waals surface area contributed by atoms with Crippen molar-refractivity contribution in [2.45, 2.75) is 0 Å². The zero-order valence-electron chi connectivity index (χ0n) is 12.4. The van der Waals surface area contributed by atoms with E-state index in [1.165, 1.54) is 45.6 Å². The van der Waals surface area contributed by atoms with Crippen molar-refractivity contribution in [1.82, 2.24) is 0 Å². The van der Waals surface area contributed by atoms with Crippen LogP contribution in [0.15, 0.2) is 30.3 Å². The lowest BCUT2D eigenvalue weighted by atomic mass is 10.0. The average molecular weight is 304 g/mol. The van der Waals surface area contributed by atoms with Crippen molar-refractivity contribution in [3.8, 4) is 28.7 Å². The highest BCUT2D eigenvalue weighted by molar-refractivity contribution is 6.11. The topological polar surface area (TPSA) is 85.2 Å². The van der Waals surface area contributed by atoms with E-state index in [-0.39, 0.29) is 22.6 Å². The van der Waals surface area contributed by atoms with Gasteiger partial charge in [0.15, 0.2) is 17.3 Å². The predicted octanol–water partition coefficient (Wildman–Crippen LogP) is 2.35. The largest absolute Gasteiger partial charge is 0.508 e. The maximum Gasteiger partial charge on any atom is 0.203 e. The van der Waals surface area contributed by atoms with Crippen molar-refractivity contribution in [2.75, 3.05) is 21.3 Å². The van der Waals surface area contributed by atoms with Crippen LogP contribution in [0.1, 0.15) is 15.9 Å². The molecule has 2 aromatic rings. The molecule has 2 rings (SSSR count). The van der Waals surface area contributed by atoms with Gasteiger partial charge >= 0.3 is 0 Å². The van der Waals surface area contributed by atoms with Crippen LogP contribution in [-0.2, 0) is 0 Å². The van der Waals surface area contributed by atoms with Gasteiger partial charge in [-0.2, -0.15) is 0 Å². The molecule has 0 spiro atoms. The first-order valence-corrected chi connectivity index (χ1v) is 6.38. The highest BCUT2D eigenvalue weighted by atomic mass is 16.5. The van der Waals surface area contributed by atoms with Crippen molar-refractivity contribution >= 4 is 5.78 Å². The monoisotopic (exact) mass is 304 g/mol. The molecule has 0 radical (unpaired) electrons. The number of ether oxygens (including phenoxy) is 3. The first-order valence-electron chi connectivity index (χ1n) is 6.38. The molecule has 0 aliphatic heterocycles. The Bertz CT molecular complexity index is 683. The van der Waals surface area contributed by atoms with Crippen molar-refractivity contribution in [3.05, 3.63) is 41.5 Å². The summed E-state index contributed by atoms with van der Waals surface area (Å²) < 4.78 is 15.6. The van der Waals surface area contributed by atoms with E-state index in [1.807, 2.05) is 0 Å². The molecule has 0 unspecified atom stereocenters. The maximum absolute atomic E-state index is 12.5. The van der Waals surface area contributed by atoms with Crippen LogP contribution in [0.3, 0.4) is 0 Å². The second kappa shape index (κ2) is 6.26. The number of carbonyl (C=O) groups is 1. The van der Waals surface area contributed by atoms with Gasteiger partial charge in [0.05, 0.1) is 26.9 Å². The second-order valence-electron chi connectivity index (χ2n) is 4.44. The summed E-state index contributed by atoms with van der Waals surface area (Å²) in [5.74, 6) is 0.179. The Morgan fingerprint density at radius 2 is 1.50 bits per heavy atom. The Morgan fingerprint density at radius 3 is 1.95 bits per heavy atom. The molecule has 116 valence electrons. The number of carbonyl (C=O) groups excluding carboxylic acids is 1. The fourth-order valence-corrected chi connectivity index (χ4v) is 2.08. The SMILES string of the molecule is COc1cc(C(=O)c2ccc(O)cc2O)cc(OC)c1OC. The smallest absolute Gasteiger partial charge is 0.203 e. The average Bonchev–Trinajstić information content (AvgIpc) is 2.52. The normalized spacial score (nSPS) is 10.1. The molecule has 6 heteroatoms. The zero-order chi connectivity index (χ0) is 16.3. The van der Waals surface area contributed by atoms with Crippen LogP contribution < -0.4 is 14.2 Å². The number of benzene rings is 2. The molecule has 0 fully saturated rings. The van der Waals surface area contributed by atoms with E-state index < -0.39 is 5.78 Å². The Hall–Kier alpha value is -2.89. The van der Waals surface area contributed by atoms with Gasteiger partial charge in [-0.05, 0) is 24.3 Å². The van der Waals surface area contributed by atoms with Crippen LogP contribution >= 0.6 is 0 Å². The van der Waals surface area contributed by atoms with Crippen LogP contribution in [0, 0.1) is 0 Å². The first kappa shape index (κ1) is 15.5. The number of hydrogen-bond donors (Lipinski definition) is 2. The van der Waals surface area contributed by atoms with Gasteiger partial charge < -0.3 is 24.4 Å². The quantitative estimate of drug-likeness (QED) is 0.825. The standard InChI is InChI=1S/C16H16O6/c1-20-13-6-9(7-14(21-2)16(13)22-3)15(19)11-5-4-10(17)8-12(11)18/h4-8,17-18H,1-3H3. The van der Waals surface area contributed by atoms with Gasteiger partial charge in [-0.1, -0.05) is 0 Å². The zero-order valence-corrected chi connectivity index (χ0v) is 12.4. The molecule has 22 heavy (non-hydrogen) atoms. The maximum atomic E-state index is 12.5. The summed E-state index contributed by atoms with van der Waals surface area (Å²) >= 11 is 0. The van der Waals surface area contributed by atoms with Gasteiger partial charge in [-0.25, -0.2) is 0 Å². The van der Waals surface area contributed by atoms with Crippen LogP contribution in [-0.4, -0.2) is 37.3 Å². The first-order chi connectivity index (χ1) is 10.5. The van der Waals surface area contributed by atoms with E-state index in [2.05, 4.69) is 0 Å². The molecule has 0 bridgehead atoms. The lowest BCUT2D eigenvalue weighted by molar-refractivity contribution is 0.103. The highest BCUT2D eigenvalue weighted by Crippen LogP contribution is 2.39. The molecule has 2 aromatic carbocycles. The Kier molecular flexibility index (Phi) is 4.41. The highest BCUT2D eigenvalue weighted by Gasteiger charge is 2.20. The van der Waals surface area contributed by atoms with Gasteiger partial charge in [0, 0.05) is 11.6 Å². The van der Waals surface area contributed by atoms with Crippen molar-refractivity contribution in [3.63, 3.8) is 0 Å². The van der Waals surface area contributed by atoms with Gasteiger partial charge in [0.25, 0.3) is 0 Å². The fourth-order valence-electron chi connectivity index (χ4n) is 2.08. The molecule has 0 atom stereocenters. The van der Waals surface area contributed by atoms with Crippen molar-refractivity contribution in [2.24, 2.45) is 0 Å². The van der Waals surface area contributed by atoms with E-state index in [0.717, 1.165) is 6.07 Å². The third kappa shape index (κ3) is 2.76. The predicted molar refractivity (Wildman–Crippen MR) is 79.3 cm³/mol. The molecule has 0 aromatic heterocycles. The van der Waals surface area contributed by atoms with Crippen LogP contribution in [0.5, 0.6) is 28.7 Å². The van der Waals surface area contributed by atoms with Crippen LogP contribution in [0.25, 0.3) is 0 Å². The number of methoxy groups -OCH3 is 3. The molecule has 0 amide bonds. The number of ketones is 1.